The zero-order valence-corrected chi connectivity index (χ0v) is 17.5. The zero-order valence-electron chi connectivity index (χ0n) is 16.7. The summed E-state index contributed by atoms with van der Waals surface area (Å²) in [6, 6.07) is 19.7. The summed E-state index contributed by atoms with van der Waals surface area (Å²) in [7, 11) is 0. The number of anilines is 3. The molecule has 2 aromatic carbocycles. The quantitative estimate of drug-likeness (QED) is 0.449. The number of amides is 1. The minimum absolute atomic E-state index is 0.157. The van der Waals surface area contributed by atoms with Crippen LogP contribution in [0.1, 0.15) is 19.5 Å². The largest absolute Gasteiger partial charge is 0.339 e. The van der Waals surface area contributed by atoms with E-state index < -0.39 is 0 Å². The van der Waals surface area contributed by atoms with Gasteiger partial charge in [0.05, 0.1) is 5.75 Å². The fraction of sp³-hybridized carbons (Fsp3) is 0.227. The van der Waals surface area contributed by atoms with Gasteiger partial charge in [-0.15, -0.1) is 0 Å². The molecule has 3 rings (SSSR count). The van der Waals surface area contributed by atoms with E-state index >= 15 is 0 Å². The smallest absolute Gasteiger partial charge is 0.251 e. The summed E-state index contributed by atoms with van der Waals surface area (Å²) in [6.45, 7) is 6.03. The molecule has 0 aliphatic rings. The molecule has 0 saturated carbocycles. The number of hydrogen-bond donors (Lipinski definition) is 2. The molecule has 0 aliphatic heterocycles. The van der Waals surface area contributed by atoms with Gasteiger partial charge in [-0.2, -0.15) is 0 Å². The van der Waals surface area contributed by atoms with Crippen molar-refractivity contribution in [2.75, 3.05) is 16.0 Å². The van der Waals surface area contributed by atoms with E-state index in [-0.39, 0.29) is 17.2 Å². The van der Waals surface area contributed by atoms with Gasteiger partial charge < -0.3 is 15.2 Å². The number of nitrogens with one attached hydrogen (secondary N) is 2. The topological polar surface area (TPSA) is 78.1 Å². The molecule has 0 fully saturated rings. The molecule has 0 bridgehead atoms. The van der Waals surface area contributed by atoms with E-state index in [0.717, 1.165) is 17.1 Å². The molecule has 0 atom stereocenters. The minimum Gasteiger partial charge on any atom is -0.339 e. The number of para-hydroxylation sites is 1. The fourth-order valence-corrected chi connectivity index (χ4v) is 3.71. The maximum Gasteiger partial charge on any atom is 0.251 e. The zero-order chi connectivity index (χ0) is 20.8. The molecule has 7 heteroatoms. The molecule has 0 aliphatic carbocycles. The third-order valence-electron chi connectivity index (χ3n) is 4.17. The number of carbonyl (C=O) groups is 1. The summed E-state index contributed by atoms with van der Waals surface area (Å²) < 4.78 is 0. The van der Waals surface area contributed by atoms with Crippen LogP contribution in [-0.4, -0.2) is 27.7 Å². The van der Waals surface area contributed by atoms with Gasteiger partial charge in [0.1, 0.15) is 0 Å². The molecule has 1 aromatic heterocycles. The van der Waals surface area contributed by atoms with Gasteiger partial charge in [-0.3, -0.25) is 9.59 Å². The van der Waals surface area contributed by atoms with Crippen LogP contribution in [0, 0.1) is 6.92 Å². The van der Waals surface area contributed by atoms with Crippen LogP contribution in [0.25, 0.3) is 0 Å². The van der Waals surface area contributed by atoms with Crippen LogP contribution in [0.3, 0.4) is 0 Å². The molecule has 150 valence electrons. The maximum atomic E-state index is 12.2. The van der Waals surface area contributed by atoms with Crippen LogP contribution in [0.15, 0.2) is 70.6 Å². The Morgan fingerprint density at radius 1 is 1.10 bits per heavy atom. The number of aryl methyl sites for hydroxylation is 1. The van der Waals surface area contributed by atoms with E-state index in [9.17, 15) is 9.59 Å². The average molecular weight is 409 g/mol. The Morgan fingerprint density at radius 3 is 2.38 bits per heavy atom. The third-order valence-corrected chi connectivity index (χ3v) is 5.04. The van der Waals surface area contributed by atoms with Crippen molar-refractivity contribution in [2.45, 2.75) is 32.0 Å². The van der Waals surface area contributed by atoms with Gasteiger partial charge in [0.2, 0.25) is 5.91 Å². The van der Waals surface area contributed by atoms with E-state index in [4.69, 9.17) is 0 Å². The van der Waals surface area contributed by atoms with Crippen molar-refractivity contribution < 1.29 is 4.79 Å². The Kier molecular flexibility index (Phi) is 6.72. The van der Waals surface area contributed by atoms with E-state index in [0.29, 0.717) is 16.9 Å². The summed E-state index contributed by atoms with van der Waals surface area (Å²) in [5, 5.41) is 3.32. The van der Waals surface area contributed by atoms with E-state index in [2.05, 4.69) is 46.2 Å². The number of aromatic amines is 1. The Hall–Kier alpha value is -3.06. The number of hydrogen-bond acceptors (Lipinski definition) is 5. The standard InChI is InChI=1S/C22H24N4O2S/c1-15(2)26(18-7-5-4-6-8-18)19-11-9-17(10-12-19)24-21(28)14-29-22-23-16(3)13-20(27)25-22/h4-13,15H,14H2,1-3H3,(H,24,28)(H,23,25,27). The van der Waals surface area contributed by atoms with Crippen molar-refractivity contribution in [3.8, 4) is 0 Å². The highest BCUT2D eigenvalue weighted by Gasteiger charge is 2.13. The Balaban J connectivity index is 1.63. The summed E-state index contributed by atoms with van der Waals surface area (Å²) in [5.74, 6) is 0.00620. The second-order valence-corrected chi connectivity index (χ2v) is 7.84. The number of rotatable bonds is 7. The van der Waals surface area contributed by atoms with Crippen molar-refractivity contribution in [3.05, 3.63) is 76.7 Å². The van der Waals surface area contributed by atoms with Crippen molar-refractivity contribution in [3.63, 3.8) is 0 Å². The number of aromatic nitrogens is 2. The maximum absolute atomic E-state index is 12.2. The highest BCUT2D eigenvalue weighted by molar-refractivity contribution is 7.99. The Labute approximate surface area is 174 Å². The fourth-order valence-electron chi connectivity index (χ4n) is 2.99. The molecular formula is C22H24N4O2S. The molecular weight excluding hydrogens is 384 g/mol. The number of thioether (sulfide) groups is 1. The highest BCUT2D eigenvalue weighted by Crippen LogP contribution is 2.28. The number of carbonyl (C=O) groups excluding carboxylic acids is 1. The Morgan fingerprint density at radius 2 is 1.76 bits per heavy atom. The average Bonchev–Trinajstić information content (AvgIpc) is 2.68. The molecule has 6 nitrogen and oxygen atoms in total. The van der Waals surface area contributed by atoms with Gasteiger partial charge >= 0.3 is 0 Å². The summed E-state index contributed by atoms with van der Waals surface area (Å²) in [5.41, 5.74) is 3.31. The van der Waals surface area contributed by atoms with E-state index in [1.165, 1.54) is 17.8 Å². The second kappa shape index (κ2) is 9.43. The first-order valence-electron chi connectivity index (χ1n) is 9.37. The summed E-state index contributed by atoms with van der Waals surface area (Å²) >= 11 is 1.20. The van der Waals surface area contributed by atoms with Gasteiger partial charge in [0, 0.05) is 34.9 Å². The molecule has 0 unspecified atom stereocenters. The monoisotopic (exact) mass is 408 g/mol. The van der Waals surface area contributed by atoms with Crippen molar-refractivity contribution in [1.29, 1.82) is 0 Å². The molecule has 3 aromatic rings. The van der Waals surface area contributed by atoms with Gasteiger partial charge in [-0.25, -0.2) is 4.98 Å². The van der Waals surface area contributed by atoms with Gasteiger partial charge in [-0.05, 0) is 57.2 Å². The summed E-state index contributed by atoms with van der Waals surface area (Å²) in [4.78, 5) is 32.8. The van der Waals surface area contributed by atoms with Crippen LogP contribution in [-0.2, 0) is 4.79 Å². The van der Waals surface area contributed by atoms with E-state index in [1.807, 2.05) is 42.5 Å². The minimum atomic E-state index is -0.218. The van der Waals surface area contributed by atoms with E-state index in [1.54, 1.807) is 6.92 Å². The first-order chi connectivity index (χ1) is 13.9. The predicted octanol–water partition coefficient (Wildman–Crippen LogP) is 4.36. The lowest BCUT2D eigenvalue weighted by Gasteiger charge is -2.29. The third kappa shape index (κ3) is 5.71. The first kappa shape index (κ1) is 20.7. The van der Waals surface area contributed by atoms with Crippen molar-refractivity contribution >= 4 is 34.7 Å². The lowest BCUT2D eigenvalue weighted by atomic mass is 10.2. The normalized spacial score (nSPS) is 10.8. The number of H-pyrrole nitrogens is 1. The van der Waals surface area contributed by atoms with Gasteiger partial charge in [-0.1, -0.05) is 30.0 Å². The Bertz CT molecular complexity index is 1020. The van der Waals surface area contributed by atoms with Crippen LogP contribution in [0.4, 0.5) is 17.1 Å². The van der Waals surface area contributed by atoms with Crippen LogP contribution in [0.2, 0.25) is 0 Å². The molecule has 0 saturated heterocycles. The molecule has 29 heavy (non-hydrogen) atoms. The molecule has 1 amide bonds. The van der Waals surface area contributed by atoms with Gasteiger partial charge in [0.15, 0.2) is 5.16 Å². The van der Waals surface area contributed by atoms with Gasteiger partial charge in [0.25, 0.3) is 5.56 Å². The van der Waals surface area contributed by atoms with Crippen LogP contribution in [0.5, 0.6) is 0 Å². The molecule has 0 spiro atoms. The lowest BCUT2D eigenvalue weighted by molar-refractivity contribution is -0.113. The van der Waals surface area contributed by atoms with Crippen LogP contribution < -0.4 is 15.8 Å². The predicted molar refractivity (Wildman–Crippen MR) is 119 cm³/mol. The molecule has 0 radical (unpaired) electrons. The van der Waals surface area contributed by atoms with Crippen molar-refractivity contribution in [2.24, 2.45) is 0 Å². The molecule has 2 N–H and O–H groups in total. The van der Waals surface area contributed by atoms with Crippen LogP contribution >= 0.6 is 11.8 Å². The molecule has 1 heterocycles. The van der Waals surface area contributed by atoms with Crippen molar-refractivity contribution in [1.82, 2.24) is 9.97 Å². The number of nitrogens with zero attached hydrogens (tertiary/aromatic N) is 2. The SMILES string of the molecule is Cc1cc(=O)[nH]c(SCC(=O)Nc2ccc(N(c3ccccc3)C(C)C)cc2)n1. The lowest BCUT2D eigenvalue weighted by Crippen LogP contribution is -2.25. The first-order valence-corrected chi connectivity index (χ1v) is 10.4. The summed E-state index contributed by atoms with van der Waals surface area (Å²) in [6.07, 6.45) is 0. The highest BCUT2D eigenvalue weighted by atomic mass is 32.2. The second-order valence-electron chi connectivity index (χ2n) is 6.87. The number of benzene rings is 2.